The number of hydrogen-bond acceptors (Lipinski definition) is 4. The molecule has 0 bridgehead atoms. The minimum Gasteiger partial charge on any atom is -0.387 e. The molecule has 1 heterocycles. The molecule has 24 heavy (non-hydrogen) atoms. The SMILES string of the molecule is CC[C@H](C)C(NS(=O)(=O)c1ccc(Cl)s1)[C@@H](O)c1ccc(F)cc1. The summed E-state index contributed by atoms with van der Waals surface area (Å²) < 4.78 is 41.2. The fraction of sp³-hybridized carbons (Fsp3) is 0.375. The van der Waals surface area contributed by atoms with E-state index < -0.39 is 28.0 Å². The highest BCUT2D eigenvalue weighted by Gasteiger charge is 2.31. The van der Waals surface area contributed by atoms with Crippen LogP contribution in [0.5, 0.6) is 0 Å². The maximum Gasteiger partial charge on any atom is 0.250 e. The highest BCUT2D eigenvalue weighted by Crippen LogP contribution is 2.29. The molecule has 0 spiro atoms. The van der Waals surface area contributed by atoms with Crippen molar-refractivity contribution >= 4 is 33.0 Å². The monoisotopic (exact) mass is 391 g/mol. The molecule has 2 aromatic rings. The summed E-state index contributed by atoms with van der Waals surface area (Å²) in [5, 5.41) is 10.6. The van der Waals surface area contributed by atoms with Crippen LogP contribution in [-0.4, -0.2) is 19.6 Å². The van der Waals surface area contributed by atoms with Crippen LogP contribution in [-0.2, 0) is 10.0 Å². The van der Waals surface area contributed by atoms with Gasteiger partial charge in [-0.15, -0.1) is 11.3 Å². The van der Waals surface area contributed by atoms with Crippen LogP contribution in [0.1, 0.15) is 31.9 Å². The van der Waals surface area contributed by atoms with E-state index in [1.165, 1.54) is 36.4 Å². The third kappa shape index (κ3) is 4.55. The molecule has 0 radical (unpaired) electrons. The number of nitrogens with one attached hydrogen (secondary N) is 1. The van der Waals surface area contributed by atoms with Crippen LogP contribution in [0.3, 0.4) is 0 Å². The largest absolute Gasteiger partial charge is 0.387 e. The first-order chi connectivity index (χ1) is 11.2. The normalized spacial score (nSPS) is 15.9. The third-order valence-electron chi connectivity index (χ3n) is 3.91. The van der Waals surface area contributed by atoms with Gasteiger partial charge in [-0.2, -0.15) is 0 Å². The quantitative estimate of drug-likeness (QED) is 0.750. The van der Waals surface area contributed by atoms with Gasteiger partial charge < -0.3 is 5.11 Å². The van der Waals surface area contributed by atoms with Gasteiger partial charge in [0.1, 0.15) is 10.0 Å². The Morgan fingerprint density at radius 2 is 1.88 bits per heavy atom. The molecule has 0 amide bonds. The molecule has 1 aromatic heterocycles. The van der Waals surface area contributed by atoms with Gasteiger partial charge in [-0.3, -0.25) is 0 Å². The van der Waals surface area contributed by atoms with Crippen LogP contribution >= 0.6 is 22.9 Å². The van der Waals surface area contributed by atoms with Crippen molar-refractivity contribution in [2.45, 2.75) is 36.6 Å². The second-order valence-electron chi connectivity index (χ2n) is 5.59. The van der Waals surface area contributed by atoms with E-state index in [4.69, 9.17) is 11.6 Å². The van der Waals surface area contributed by atoms with Crippen LogP contribution in [0.4, 0.5) is 4.39 Å². The molecular weight excluding hydrogens is 373 g/mol. The summed E-state index contributed by atoms with van der Waals surface area (Å²) in [4.78, 5) is 0. The molecule has 4 nitrogen and oxygen atoms in total. The molecule has 1 aromatic carbocycles. The molecule has 132 valence electrons. The number of aliphatic hydroxyl groups is 1. The van der Waals surface area contributed by atoms with E-state index in [-0.39, 0.29) is 10.1 Å². The van der Waals surface area contributed by atoms with Crippen molar-refractivity contribution in [3.63, 3.8) is 0 Å². The van der Waals surface area contributed by atoms with Crippen molar-refractivity contribution in [2.75, 3.05) is 0 Å². The highest BCUT2D eigenvalue weighted by molar-refractivity contribution is 7.91. The van der Waals surface area contributed by atoms with Crippen LogP contribution in [0.2, 0.25) is 4.34 Å². The van der Waals surface area contributed by atoms with Crippen LogP contribution in [0.25, 0.3) is 0 Å². The lowest BCUT2D eigenvalue weighted by molar-refractivity contribution is 0.112. The fourth-order valence-electron chi connectivity index (χ4n) is 2.29. The summed E-state index contributed by atoms with van der Waals surface area (Å²) >= 11 is 6.76. The minimum absolute atomic E-state index is 0.0899. The smallest absolute Gasteiger partial charge is 0.250 e. The highest BCUT2D eigenvalue weighted by atomic mass is 35.5. The lowest BCUT2D eigenvalue weighted by Crippen LogP contribution is -2.43. The Balaban J connectivity index is 2.30. The number of rotatable bonds is 7. The molecule has 8 heteroatoms. The standard InChI is InChI=1S/C16H19ClFNO3S2/c1-3-10(2)15(16(20)11-4-6-12(18)7-5-11)19-24(21,22)14-9-8-13(17)23-14/h4-10,15-16,19-20H,3H2,1-2H3/t10-,15?,16-/m0/s1. The summed E-state index contributed by atoms with van der Waals surface area (Å²) in [6, 6.07) is 7.56. The zero-order valence-electron chi connectivity index (χ0n) is 13.2. The van der Waals surface area contributed by atoms with E-state index in [0.29, 0.717) is 16.3 Å². The first kappa shape index (κ1) is 19.3. The zero-order valence-corrected chi connectivity index (χ0v) is 15.6. The molecule has 0 aliphatic rings. The van der Waals surface area contributed by atoms with Crippen molar-refractivity contribution in [1.82, 2.24) is 4.72 Å². The Labute approximate surface area is 150 Å². The minimum atomic E-state index is -3.80. The molecule has 2 N–H and O–H groups in total. The average Bonchev–Trinajstić information content (AvgIpc) is 2.99. The fourth-order valence-corrected chi connectivity index (χ4v) is 5.14. The van der Waals surface area contributed by atoms with Crippen LogP contribution in [0.15, 0.2) is 40.6 Å². The van der Waals surface area contributed by atoms with Gasteiger partial charge in [-0.25, -0.2) is 17.5 Å². The molecule has 0 aliphatic carbocycles. The Morgan fingerprint density at radius 3 is 2.38 bits per heavy atom. The predicted molar refractivity (Wildman–Crippen MR) is 94.3 cm³/mol. The summed E-state index contributed by atoms with van der Waals surface area (Å²) in [5.74, 6) is -0.546. The zero-order chi connectivity index (χ0) is 17.9. The summed E-state index contributed by atoms with van der Waals surface area (Å²) in [6.45, 7) is 3.76. The van der Waals surface area contributed by atoms with Gasteiger partial charge in [-0.1, -0.05) is 44.0 Å². The second-order valence-corrected chi connectivity index (χ2v) is 9.24. The summed E-state index contributed by atoms with van der Waals surface area (Å²) in [5.41, 5.74) is 0.452. The van der Waals surface area contributed by atoms with Crippen molar-refractivity contribution in [2.24, 2.45) is 5.92 Å². The Hall–Kier alpha value is -0.990. The van der Waals surface area contributed by atoms with E-state index in [1.807, 2.05) is 13.8 Å². The maximum atomic E-state index is 13.1. The van der Waals surface area contributed by atoms with E-state index in [1.54, 1.807) is 0 Å². The Bertz CT molecular complexity index is 777. The Morgan fingerprint density at radius 1 is 1.25 bits per heavy atom. The van der Waals surface area contributed by atoms with E-state index in [9.17, 15) is 17.9 Å². The first-order valence-corrected chi connectivity index (χ1v) is 10.1. The lowest BCUT2D eigenvalue weighted by Gasteiger charge is -2.28. The molecule has 0 fully saturated rings. The number of aliphatic hydroxyl groups excluding tert-OH is 1. The van der Waals surface area contributed by atoms with Crippen molar-refractivity contribution in [1.29, 1.82) is 0 Å². The third-order valence-corrected chi connectivity index (χ3v) is 7.10. The van der Waals surface area contributed by atoms with Gasteiger partial charge in [0, 0.05) is 0 Å². The summed E-state index contributed by atoms with van der Waals surface area (Å²) in [6.07, 6.45) is -0.429. The first-order valence-electron chi connectivity index (χ1n) is 7.45. The predicted octanol–water partition coefficient (Wildman–Crippen LogP) is 3.97. The van der Waals surface area contributed by atoms with E-state index in [0.717, 1.165) is 11.3 Å². The Kier molecular flexibility index (Phi) is 6.39. The van der Waals surface area contributed by atoms with Crippen LogP contribution < -0.4 is 4.72 Å². The van der Waals surface area contributed by atoms with Gasteiger partial charge in [0.05, 0.1) is 16.5 Å². The maximum absolute atomic E-state index is 13.1. The van der Waals surface area contributed by atoms with E-state index >= 15 is 0 Å². The molecule has 1 unspecified atom stereocenters. The number of thiophene rings is 1. The number of sulfonamides is 1. The van der Waals surface area contributed by atoms with Gasteiger partial charge >= 0.3 is 0 Å². The van der Waals surface area contributed by atoms with Crippen molar-refractivity contribution in [3.05, 3.63) is 52.1 Å². The molecule has 3 atom stereocenters. The molecule has 0 saturated carbocycles. The van der Waals surface area contributed by atoms with Gasteiger partial charge in [0.2, 0.25) is 10.0 Å². The number of halogens is 2. The molecule has 2 rings (SSSR count). The number of hydrogen-bond donors (Lipinski definition) is 2. The second kappa shape index (κ2) is 7.93. The van der Waals surface area contributed by atoms with Gasteiger partial charge in [-0.05, 0) is 35.7 Å². The number of benzene rings is 1. The summed E-state index contributed by atoms with van der Waals surface area (Å²) in [7, 11) is -3.80. The molecule has 0 aliphatic heterocycles. The van der Waals surface area contributed by atoms with Crippen molar-refractivity contribution < 1.29 is 17.9 Å². The molecule has 0 saturated heterocycles. The van der Waals surface area contributed by atoms with Gasteiger partial charge in [0.15, 0.2) is 0 Å². The van der Waals surface area contributed by atoms with E-state index in [2.05, 4.69) is 4.72 Å². The van der Waals surface area contributed by atoms with Crippen molar-refractivity contribution in [3.8, 4) is 0 Å². The topological polar surface area (TPSA) is 66.4 Å². The van der Waals surface area contributed by atoms with Crippen LogP contribution in [0, 0.1) is 11.7 Å². The average molecular weight is 392 g/mol. The van der Waals surface area contributed by atoms with Gasteiger partial charge in [0.25, 0.3) is 0 Å². The molecular formula is C16H19ClFNO3S2. The lowest BCUT2D eigenvalue weighted by atomic mass is 9.91.